The number of hydrogen-bond acceptors (Lipinski definition) is 2. The van der Waals surface area contributed by atoms with Crippen molar-refractivity contribution in [3.63, 3.8) is 0 Å². The molecule has 0 aliphatic carbocycles. The van der Waals surface area contributed by atoms with Gasteiger partial charge in [-0.1, -0.05) is 37.6 Å². The first kappa shape index (κ1) is 13.3. The van der Waals surface area contributed by atoms with Gasteiger partial charge in [0.2, 0.25) is 0 Å². The highest BCUT2D eigenvalue weighted by Crippen LogP contribution is 2.23. The van der Waals surface area contributed by atoms with Crippen molar-refractivity contribution >= 4 is 5.97 Å². The number of rotatable bonds is 5. The number of carboxylic acid groups (broad SMARTS) is 1. The van der Waals surface area contributed by atoms with Crippen molar-refractivity contribution in [3.8, 4) is 11.3 Å². The Hall–Kier alpha value is -2.10. The highest BCUT2D eigenvalue weighted by molar-refractivity contribution is 5.94. The Morgan fingerprint density at radius 3 is 2.47 bits per heavy atom. The van der Waals surface area contributed by atoms with E-state index in [1.807, 2.05) is 31.2 Å². The third-order valence-electron chi connectivity index (χ3n) is 3.08. The van der Waals surface area contributed by atoms with Crippen molar-refractivity contribution in [3.05, 3.63) is 41.6 Å². The summed E-state index contributed by atoms with van der Waals surface area (Å²) in [6.45, 7) is 4.74. The van der Waals surface area contributed by atoms with Crippen LogP contribution in [0.25, 0.3) is 11.3 Å². The van der Waals surface area contributed by atoms with Crippen molar-refractivity contribution < 1.29 is 9.90 Å². The maximum absolute atomic E-state index is 11.2. The molecule has 0 bridgehead atoms. The SMILES string of the molecule is CCCc1ccc(-c2nn(CC)cc2C(=O)O)cc1. The van der Waals surface area contributed by atoms with E-state index in [0.717, 1.165) is 18.4 Å². The van der Waals surface area contributed by atoms with Gasteiger partial charge in [0.25, 0.3) is 0 Å². The fourth-order valence-corrected chi connectivity index (χ4v) is 2.07. The van der Waals surface area contributed by atoms with Crippen LogP contribution in [0.5, 0.6) is 0 Å². The molecule has 1 aromatic carbocycles. The van der Waals surface area contributed by atoms with Crippen LogP contribution in [-0.2, 0) is 13.0 Å². The fraction of sp³-hybridized carbons (Fsp3) is 0.333. The lowest BCUT2D eigenvalue weighted by atomic mass is 10.0. The van der Waals surface area contributed by atoms with Gasteiger partial charge in [-0.3, -0.25) is 4.68 Å². The van der Waals surface area contributed by atoms with Crippen molar-refractivity contribution in [2.24, 2.45) is 0 Å². The Bertz CT molecular complexity index is 570. The van der Waals surface area contributed by atoms with Crippen molar-refractivity contribution in [1.29, 1.82) is 0 Å². The van der Waals surface area contributed by atoms with Gasteiger partial charge in [0.1, 0.15) is 11.3 Å². The van der Waals surface area contributed by atoms with Gasteiger partial charge in [0.15, 0.2) is 0 Å². The number of carbonyl (C=O) groups is 1. The number of nitrogens with zero attached hydrogens (tertiary/aromatic N) is 2. The number of aromatic nitrogens is 2. The predicted molar refractivity (Wildman–Crippen MR) is 74.3 cm³/mol. The van der Waals surface area contributed by atoms with E-state index < -0.39 is 5.97 Å². The van der Waals surface area contributed by atoms with E-state index in [9.17, 15) is 9.90 Å². The third-order valence-corrected chi connectivity index (χ3v) is 3.08. The lowest BCUT2D eigenvalue weighted by Crippen LogP contribution is -1.96. The first-order chi connectivity index (χ1) is 9.15. The number of aromatic carboxylic acids is 1. The Morgan fingerprint density at radius 2 is 1.95 bits per heavy atom. The van der Waals surface area contributed by atoms with Gasteiger partial charge < -0.3 is 5.11 Å². The maximum Gasteiger partial charge on any atom is 0.339 e. The minimum atomic E-state index is -0.938. The molecule has 0 atom stereocenters. The van der Waals surface area contributed by atoms with E-state index >= 15 is 0 Å². The van der Waals surface area contributed by atoms with Crippen molar-refractivity contribution in [1.82, 2.24) is 9.78 Å². The summed E-state index contributed by atoms with van der Waals surface area (Å²) in [5.74, 6) is -0.938. The van der Waals surface area contributed by atoms with Crippen LogP contribution in [0.3, 0.4) is 0 Å². The molecule has 0 radical (unpaired) electrons. The summed E-state index contributed by atoms with van der Waals surface area (Å²) < 4.78 is 1.65. The highest BCUT2D eigenvalue weighted by Gasteiger charge is 2.16. The average molecular weight is 258 g/mol. The molecule has 0 amide bonds. The molecular formula is C15H18N2O2. The number of benzene rings is 1. The third kappa shape index (κ3) is 2.84. The van der Waals surface area contributed by atoms with Crippen LogP contribution in [0.2, 0.25) is 0 Å². The Labute approximate surface area is 112 Å². The highest BCUT2D eigenvalue weighted by atomic mass is 16.4. The summed E-state index contributed by atoms with van der Waals surface area (Å²) in [5, 5.41) is 13.6. The summed E-state index contributed by atoms with van der Waals surface area (Å²) >= 11 is 0. The molecule has 0 saturated heterocycles. The second kappa shape index (κ2) is 5.69. The van der Waals surface area contributed by atoms with Gasteiger partial charge >= 0.3 is 5.97 Å². The Morgan fingerprint density at radius 1 is 1.26 bits per heavy atom. The summed E-state index contributed by atoms with van der Waals surface area (Å²) in [6.07, 6.45) is 3.72. The molecule has 19 heavy (non-hydrogen) atoms. The Balaban J connectivity index is 2.39. The molecule has 1 aromatic heterocycles. The monoisotopic (exact) mass is 258 g/mol. The van der Waals surface area contributed by atoms with Gasteiger partial charge in [-0.2, -0.15) is 5.10 Å². The van der Waals surface area contributed by atoms with Gasteiger partial charge in [-0.05, 0) is 18.9 Å². The van der Waals surface area contributed by atoms with Crippen LogP contribution in [0.1, 0.15) is 36.2 Å². The average Bonchev–Trinajstić information content (AvgIpc) is 2.84. The molecule has 100 valence electrons. The van der Waals surface area contributed by atoms with E-state index in [4.69, 9.17) is 0 Å². The van der Waals surface area contributed by atoms with Gasteiger partial charge in [-0.25, -0.2) is 4.79 Å². The molecular weight excluding hydrogens is 240 g/mol. The smallest absolute Gasteiger partial charge is 0.339 e. The molecule has 1 N–H and O–H groups in total. The Kier molecular flexibility index (Phi) is 4.00. The summed E-state index contributed by atoms with van der Waals surface area (Å²) in [5.41, 5.74) is 2.91. The molecule has 0 spiro atoms. The van der Waals surface area contributed by atoms with E-state index in [1.54, 1.807) is 10.9 Å². The second-order valence-electron chi connectivity index (χ2n) is 4.50. The molecule has 1 heterocycles. The quantitative estimate of drug-likeness (QED) is 0.895. The second-order valence-corrected chi connectivity index (χ2v) is 4.50. The van der Waals surface area contributed by atoms with Crippen LogP contribution in [0.4, 0.5) is 0 Å². The lowest BCUT2D eigenvalue weighted by molar-refractivity contribution is 0.0697. The molecule has 0 aliphatic rings. The summed E-state index contributed by atoms with van der Waals surface area (Å²) in [7, 11) is 0. The van der Waals surface area contributed by atoms with Gasteiger partial charge in [0, 0.05) is 18.3 Å². The van der Waals surface area contributed by atoms with Crippen LogP contribution in [-0.4, -0.2) is 20.9 Å². The summed E-state index contributed by atoms with van der Waals surface area (Å²) in [6, 6.07) is 7.96. The topological polar surface area (TPSA) is 55.1 Å². The molecule has 0 unspecified atom stereocenters. The standard InChI is InChI=1S/C15H18N2O2/c1-3-5-11-6-8-12(9-7-11)14-13(15(18)19)10-17(4-2)16-14/h6-10H,3-5H2,1-2H3,(H,18,19). The normalized spacial score (nSPS) is 10.6. The molecule has 4 nitrogen and oxygen atoms in total. The zero-order valence-corrected chi connectivity index (χ0v) is 11.3. The number of carboxylic acids is 1. The van der Waals surface area contributed by atoms with E-state index in [1.165, 1.54) is 5.56 Å². The van der Waals surface area contributed by atoms with E-state index in [-0.39, 0.29) is 5.56 Å². The minimum Gasteiger partial charge on any atom is -0.478 e. The van der Waals surface area contributed by atoms with E-state index in [2.05, 4.69) is 12.0 Å². The number of aryl methyl sites for hydroxylation is 2. The first-order valence-electron chi connectivity index (χ1n) is 6.55. The lowest BCUT2D eigenvalue weighted by Gasteiger charge is -2.02. The van der Waals surface area contributed by atoms with Gasteiger partial charge in [0.05, 0.1) is 0 Å². The number of hydrogen-bond donors (Lipinski definition) is 1. The summed E-state index contributed by atoms with van der Waals surface area (Å²) in [4.78, 5) is 11.2. The first-order valence-corrected chi connectivity index (χ1v) is 6.55. The molecule has 0 fully saturated rings. The van der Waals surface area contributed by atoms with Crippen LogP contribution >= 0.6 is 0 Å². The van der Waals surface area contributed by atoms with Crippen molar-refractivity contribution in [2.75, 3.05) is 0 Å². The van der Waals surface area contributed by atoms with E-state index in [0.29, 0.717) is 12.2 Å². The predicted octanol–water partition coefficient (Wildman–Crippen LogP) is 3.22. The largest absolute Gasteiger partial charge is 0.478 e. The molecule has 4 heteroatoms. The van der Waals surface area contributed by atoms with Crippen molar-refractivity contribution in [2.45, 2.75) is 33.2 Å². The molecule has 2 rings (SSSR count). The van der Waals surface area contributed by atoms with Crippen LogP contribution < -0.4 is 0 Å². The fourth-order valence-electron chi connectivity index (χ4n) is 2.07. The van der Waals surface area contributed by atoms with Crippen LogP contribution in [0.15, 0.2) is 30.5 Å². The zero-order chi connectivity index (χ0) is 13.8. The minimum absolute atomic E-state index is 0.255. The van der Waals surface area contributed by atoms with Crippen LogP contribution in [0, 0.1) is 0 Å². The molecule has 2 aromatic rings. The maximum atomic E-state index is 11.2. The molecule has 0 aliphatic heterocycles. The zero-order valence-electron chi connectivity index (χ0n) is 11.3. The molecule has 0 saturated carbocycles. The van der Waals surface area contributed by atoms with Gasteiger partial charge in [-0.15, -0.1) is 0 Å².